The Morgan fingerprint density at radius 1 is 1.03 bits per heavy atom. The predicted molar refractivity (Wildman–Crippen MR) is 122 cm³/mol. The number of thiophene rings is 1. The van der Waals surface area contributed by atoms with Crippen LogP contribution in [0.4, 0.5) is 11.4 Å². The summed E-state index contributed by atoms with van der Waals surface area (Å²) >= 11 is 7.62. The first kappa shape index (κ1) is 20.4. The Bertz CT molecular complexity index is 1050. The van der Waals surface area contributed by atoms with E-state index in [1.165, 1.54) is 10.4 Å². The molecule has 0 saturated carbocycles. The molecule has 2 amide bonds. The summed E-state index contributed by atoms with van der Waals surface area (Å²) in [5.41, 5.74) is 3.30. The second-order valence-corrected chi connectivity index (χ2v) is 8.72. The molecule has 0 saturated heterocycles. The summed E-state index contributed by atoms with van der Waals surface area (Å²) in [6.07, 6.45) is 0.924. The molecular weight excluding hydrogens is 418 g/mol. The van der Waals surface area contributed by atoms with Crippen molar-refractivity contribution in [1.82, 2.24) is 4.90 Å². The number of hydrogen-bond acceptors (Lipinski definition) is 4. The van der Waals surface area contributed by atoms with Crippen molar-refractivity contribution in [1.29, 1.82) is 0 Å². The Morgan fingerprint density at radius 2 is 1.73 bits per heavy atom. The van der Waals surface area contributed by atoms with E-state index in [0.717, 1.165) is 18.7 Å². The van der Waals surface area contributed by atoms with Crippen molar-refractivity contribution in [3.05, 3.63) is 81.0 Å². The van der Waals surface area contributed by atoms with Crippen LogP contribution >= 0.6 is 22.9 Å². The number of carbonyl (C=O) groups excluding carboxylic acids is 2. The molecule has 3 aromatic rings. The molecule has 1 aromatic heterocycles. The number of hydrogen-bond donors (Lipinski definition) is 2. The van der Waals surface area contributed by atoms with Gasteiger partial charge in [-0.2, -0.15) is 0 Å². The lowest BCUT2D eigenvalue weighted by Crippen LogP contribution is -2.43. The van der Waals surface area contributed by atoms with Crippen LogP contribution in [0, 0.1) is 0 Å². The number of anilines is 2. The van der Waals surface area contributed by atoms with E-state index in [1.54, 1.807) is 35.6 Å². The van der Waals surface area contributed by atoms with Crippen LogP contribution < -0.4 is 10.6 Å². The minimum Gasteiger partial charge on any atom is -0.374 e. The zero-order chi connectivity index (χ0) is 21.1. The van der Waals surface area contributed by atoms with Gasteiger partial charge in [0.2, 0.25) is 5.91 Å². The van der Waals surface area contributed by atoms with Crippen molar-refractivity contribution in [2.24, 2.45) is 0 Å². The molecule has 7 heteroatoms. The maximum atomic E-state index is 12.8. The maximum Gasteiger partial charge on any atom is 0.255 e. The molecule has 1 aliphatic rings. The van der Waals surface area contributed by atoms with Gasteiger partial charge in [-0.25, -0.2) is 0 Å². The number of nitrogens with one attached hydrogen (secondary N) is 2. The third-order valence-corrected chi connectivity index (χ3v) is 6.40. The van der Waals surface area contributed by atoms with Gasteiger partial charge in [0.05, 0.1) is 0 Å². The smallest absolute Gasteiger partial charge is 0.255 e. The molecule has 154 valence electrons. The highest BCUT2D eigenvalue weighted by Gasteiger charge is 2.25. The molecule has 30 heavy (non-hydrogen) atoms. The Balaban J connectivity index is 1.33. The second kappa shape index (κ2) is 8.90. The molecule has 2 N–H and O–H groups in total. The normalized spacial score (nSPS) is 14.0. The van der Waals surface area contributed by atoms with Crippen LogP contribution in [-0.4, -0.2) is 29.3 Å². The zero-order valence-electron chi connectivity index (χ0n) is 16.5. The van der Waals surface area contributed by atoms with Gasteiger partial charge < -0.3 is 15.5 Å². The standard InChI is InChI=1S/C23H22ClN3O2S/c1-15(23(29)27-12-10-21-17(14-27)11-13-30-21)25-19-6-8-20(9-7-19)26-22(28)16-2-4-18(24)5-3-16/h2-9,11,13,15,25H,10,12,14H2,1H3,(H,26,28). The molecule has 0 fully saturated rings. The number of carbonyl (C=O) groups is 2. The van der Waals surface area contributed by atoms with E-state index >= 15 is 0 Å². The van der Waals surface area contributed by atoms with Crippen molar-refractivity contribution < 1.29 is 9.59 Å². The highest BCUT2D eigenvalue weighted by molar-refractivity contribution is 7.10. The molecule has 1 unspecified atom stereocenters. The first-order valence-electron chi connectivity index (χ1n) is 9.77. The van der Waals surface area contributed by atoms with Gasteiger partial charge in [0.25, 0.3) is 5.91 Å². The molecule has 0 radical (unpaired) electrons. The van der Waals surface area contributed by atoms with Gasteiger partial charge in [0, 0.05) is 39.9 Å². The zero-order valence-corrected chi connectivity index (χ0v) is 18.1. The van der Waals surface area contributed by atoms with Crippen LogP contribution in [0.15, 0.2) is 60.0 Å². The highest BCUT2D eigenvalue weighted by atomic mass is 35.5. The lowest BCUT2D eigenvalue weighted by molar-refractivity contribution is -0.132. The molecule has 0 aliphatic carbocycles. The second-order valence-electron chi connectivity index (χ2n) is 7.28. The van der Waals surface area contributed by atoms with E-state index in [2.05, 4.69) is 22.1 Å². The molecule has 4 rings (SSSR count). The van der Waals surface area contributed by atoms with Crippen molar-refractivity contribution in [2.75, 3.05) is 17.2 Å². The van der Waals surface area contributed by atoms with E-state index < -0.39 is 0 Å². The lowest BCUT2D eigenvalue weighted by Gasteiger charge is -2.30. The third-order valence-electron chi connectivity index (χ3n) is 5.12. The van der Waals surface area contributed by atoms with E-state index in [0.29, 0.717) is 22.8 Å². The maximum absolute atomic E-state index is 12.8. The Labute approximate surface area is 184 Å². The van der Waals surface area contributed by atoms with Gasteiger partial charge in [0.1, 0.15) is 6.04 Å². The number of fused-ring (bicyclic) bond motifs is 1. The van der Waals surface area contributed by atoms with Crippen LogP contribution in [0.1, 0.15) is 27.7 Å². The van der Waals surface area contributed by atoms with Crippen molar-refractivity contribution in [2.45, 2.75) is 25.9 Å². The van der Waals surface area contributed by atoms with Crippen molar-refractivity contribution in [3.8, 4) is 0 Å². The summed E-state index contributed by atoms with van der Waals surface area (Å²) in [5, 5.41) is 8.79. The van der Waals surface area contributed by atoms with Gasteiger partial charge in [-0.1, -0.05) is 11.6 Å². The summed E-state index contributed by atoms with van der Waals surface area (Å²) in [6, 6.07) is 15.8. The molecule has 0 bridgehead atoms. The summed E-state index contributed by atoms with van der Waals surface area (Å²) < 4.78 is 0. The first-order valence-corrected chi connectivity index (χ1v) is 11.0. The number of benzene rings is 2. The van der Waals surface area contributed by atoms with Gasteiger partial charge in [-0.3, -0.25) is 9.59 Å². The SMILES string of the molecule is CC(Nc1ccc(NC(=O)c2ccc(Cl)cc2)cc1)C(=O)N1CCc2sccc2C1. The minimum absolute atomic E-state index is 0.0898. The average Bonchev–Trinajstić information content (AvgIpc) is 3.23. The molecule has 5 nitrogen and oxygen atoms in total. The number of amides is 2. The highest BCUT2D eigenvalue weighted by Crippen LogP contribution is 2.25. The molecule has 1 atom stereocenters. The van der Waals surface area contributed by atoms with E-state index in [4.69, 9.17) is 11.6 Å². The fraction of sp³-hybridized carbons (Fsp3) is 0.217. The number of halogens is 1. The van der Waals surface area contributed by atoms with Crippen LogP contribution in [0.3, 0.4) is 0 Å². The van der Waals surface area contributed by atoms with Gasteiger partial charge in [-0.15, -0.1) is 11.3 Å². The van der Waals surface area contributed by atoms with Gasteiger partial charge >= 0.3 is 0 Å². The molecule has 2 heterocycles. The van der Waals surface area contributed by atoms with Crippen LogP contribution in [0.5, 0.6) is 0 Å². The van der Waals surface area contributed by atoms with Gasteiger partial charge in [-0.05, 0) is 78.9 Å². The quantitative estimate of drug-likeness (QED) is 0.585. The number of rotatable bonds is 5. The molecule has 2 aromatic carbocycles. The van der Waals surface area contributed by atoms with E-state index in [-0.39, 0.29) is 17.9 Å². The molecular formula is C23H22ClN3O2S. The van der Waals surface area contributed by atoms with Crippen molar-refractivity contribution in [3.63, 3.8) is 0 Å². The fourth-order valence-electron chi connectivity index (χ4n) is 3.48. The van der Waals surface area contributed by atoms with Crippen LogP contribution in [0.25, 0.3) is 0 Å². The Hall–Kier alpha value is -2.83. The predicted octanol–water partition coefficient (Wildman–Crippen LogP) is 5.04. The first-order chi connectivity index (χ1) is 14.5. The largest absolute Gasteiger partial charge is 0.374 e. The number of nitrogens with zero attached hydrogens (tertiary/aromatic N) is 1. The van der Waals surface area contributed by atoms with Crippen LogP contribution in [0.2, 0.25) is 5.02 Å². The van der Waals surface area contributed by atoms with Crippen molar-refractivity contribution >= 4 is 46.1 Å². The van der Waals surface area contributed by atoms with E-state index in [9.17, 15) is 9.59 Å². The monoisotopic (exact) mass is 439 g/mol. The Morgan fingerprint density at radius 3 is 2.47 bits per heavy atom. The molecule has 1 aliphatic heterocycles. The minimum atomic E-state index is -0.334. The fourth-order valence-corrected chi connectivity index (χ4v) is 4.49. The summed E-state index contributed by atoms with van der Waals surface area (Å²) in [7, 11) is 0. The topological polar surface area (TPSA) is 61.4 Å². The average molecular weight is 440 g/mol. The van der Waals surface area contributed by atoms with Crippen LogP contribution in [-0.2, 0) is 17.8 Å². The summed E-state index contributed by atoms with van der Waals surface area (Å²) in [4.78, 5) is 28.4. The lowest BCUT2D eigenvalue weighted by atomic mass is 10.1. The van der Waals surface area contributed by atoms with E-state index in [1.807, 2.05) is 36.1 Å². The molecule has 0 spiro atoms. The van der Waals surface area contributed by atoms with Gasteiger partial charge in [0.15, 0.2) is 0 Å². The third kappa shape index (κ3) is 4.66. The summed E-state index contributed by atoms with van der Waals surface area (Å²) in [6.45, 7) is 3.31. The Kier molecular flexibility index (Phi) is 6.06. The summed E-state index contributed by atoms with van der Waals surface area (Å²) in [5.74, 6) is -0.110.